The standard InChI is InChI=1S/C22H19ClN6O2/c23-17-13-16(7-8-18(17)26-14-15-5-2-1-3-6-15)27-19(30)9-10-20-28-22(29-31-20)21-24-11-4-12-25-21/h1-8,11-13,26H,9-10,14H2,(H,27,30). The van der Waals surface area contributed by atoms with Gasteiger partial charge in [0.1, 0.15) is 0 Å². The first kappa shape index (κ1) is 20.5. The number of aromatic nitrogens is 4. The van der Waals surface area contributed by atoms with Crippen molar-refractivity contribution in [1.29, 1.82) is 0 Å². The zero-order chi connectivity index (χ0) is 21.5. The highest BCUT2D eigenvalue weighted by Gasteiger charge is 2.13. The minimum absolute atomic E-state index is 0.183. The van der Waals surface area contributed by atoms with E-state index >= 15 is 0 Å². The summed E-state index contributed by atoms with van der Waals surface area (Å²) in [6.07, 6.45) is 3.68. The largest absolute Gasteiger partial charge is 0.380 e. The summed E-state index contributed by atoms with van der Waals surface area (Å²) in [6, 6.07) is 17.1. The second kappa shape index (κ2) is 9.82. The van der Waals surface area contributed by atoms with Crippen LogP contribution in [0.3, 0.4) is 0 Å². The molecule has 2 aromatic heterocycles. The SMILES string of the molecule is O=C(CCc1nc(-c2ncccn2)no1)Nc1ccc(NCc2ccccc2)c(Cl)c1. The van der Waals surface area contributed by atoms with Crippen LogP contribution in [-0.2, 0) is 17.8 Å². The van der Waals surface area contributed by atoms with Gasteiger partial charge in [0.25, 0.3) is 0 Å². The van der Waals surface area contributed by atoms with E-state index in [4.69, 9.17) is 16.1 Å². The van der Waals surface area contributed by atoms with E-state index < -0.39 is 0 Å². The molecule has 0 saturated heterocycles. The molecular formula is C22H19ClN6O2. The maximum Gasteiger partial charge on any atom is 0.240 e. The minimum Gasteiger partial charge on any atom is -0.380 e. The monoisotopic (exact) mass is 434 g/mol. The maximum absolute atomic E-state index is 12.3. The van der Waals surface area contributed by atoms with Crippen LogP contribution in [0.1, 0.15) is 17.9 Å². The molecule has 0 aliphatic rings. The summed E-state index contributed by atoms with van der Waals surface area (Å²) >= 11 is 6.35. The van der Waals surface area contributed by atoms with Crippen molar-refractivity contribution in [2.45, 2.75) is 19.4 Å². The Balaban J connectivity index is 1.28. The van der Waals surface area contributed by atoms with Crippen LogP contribution in [0.15, 0.2) is 71.5 Å². The fourth-order valence-corrected chi connectivity index (χ4v) is 3.08. The maximum atomic E-state index is 12.3. The van der Waals surface area contributed by atoms with Gasteiger partial charge in [0.2, 0.25) is 23.4 Å². The number of anilines is 2. The molecule has 0 radical (unpaired) electrons. The predicted octanol–water partition coefficient (Wildman–Crippen LogP) is 4.36. The molecule has 2 aromatic carbocycles. The molecular weight excluding hydrogens is 416 g/mol. The molecule has 0 aliphatic heterocycles. The zero-order valence-corrected chi connectivity index (χ0v) is 17.2. The summed E-state index contributed by atoms with van der Waals surface area (Å²) in [5, 5.41) is 10.5. The summed E-state index contributed by atoms with van der Waals surface area (Å²) in [5.74, 6) is 0.826. The zero-order valence-electron chi connectivity index (χ0n) is 16.5. The quantitative estimate of drug-likeness (QED) is 0.424. The number of nitrogens with one attached hydrogen (secondary N) is 2. The van der Waals surface area contributed by atoms with E-state index in [1.807, 2.05) is 36.4 Å². The van der Waals surface area contributed by atoms with Crippen molar-refractivity contribution in [2.24, 2.45) is 0 Å². The third kappa shape index (κ3) is 5.64. The number of aryl methyl sites for hydroxylation is 1. The lowest BCUT2D eigenvalue weighted by atomic mass is 10.2. The Kier molecular flexibility index (Phi) is 6.49. The van der Waals surface area contributed by atoms with E-state index in [2.05, 4.69) is 30.7 Å². The van der Waals surface area contributed by atoms with Crippen LogP contribution in [0.2, 0.25) is 5.02 Å². The molecule has 2 heterocycles. The van der Waals surface area contributed by atoms with E-state index in [9.17, 15) is 4.79 Å². The first-order valence-electron chi connectivity index (χ1n) is 9.64. The topological polar surface area (TPSA) is 106 Å². The number of amides is 1. The Hall–Kier alpha value is -3.78. The minimum atomic E-state index is -0.184. The normalized spacial score (nSPS) is 10.6. The van der Waals surface area contributed by atoms with Gasteiger partial charge in [-0.3, -0.25) is 4.79 Å². The highest BCUT2D eigenvalue weighted by atomic mass is 35.5. The van der Waals surface area contributed by atoms with Gasteiger partial charge in [-0.05, 0) is 29.8 Å². The van der Waals surface area contributed by atoms with E-state index in [1.54, 1.807) is 30.6 Å². The van der Waals surface area contributed by atoms with Crippen molar-refractivity contribution in [3.8, 4) is 11.6 Å². The summed E-state index contributed by atoms with van der Waals surface area (Å²) < 4.78 is 5.17. The van der Waals surface area contributed by atoms with E-state index in [0.717, 1.165) is 11.3 Å². The van der Waals surface area contributed by atoms with E-state index in [1.165, 1.54) is 0 Å². The van der Waals surface area contributed by atoms with Crippen molar-refractivity contribution in [2.75, 3.05) is 10.6 Å². The van der Waals surface area contributed by atoms with Gasteiger partial charge < -0.3 is 15.2 Å². The number of carbonyl (C=O) groups excluding carboxylic acids is 1. The van der Waals surface area contributed by atoms with Crippen LogP contribution in [0.5, 0.6) is 0 Å². The lowest BCUT2D eigenvalue weighted by Gasteiger charge is -2.11. The third-order valence-corrected chi connectivity index (χ3v) is 4.69. The number of nitrogens with zero attached hydrogens (tertiary/aromatic N) is 4. The molecule has 9 heteroatoms. The highest BCUT2D eigenvalue weighted by molar-refractivity contribution is 6.33. The Bertz CT molecular complexity index is 1150. The van der Waals surface area contributed by atoms with Crippen LogP contribution in [0.25, 0.3) is 11.6 Å². The molecule has 1 amide bonds. The van der Waals surface area contributed by atoms with Crippen molar-refractivity contribution in [3.05, 3.63) is 83.5 Å². The van der Waals surface area contributed by atoms with Crippen molar-refractivity contribution in [1.82, 2.24) is 20.1 Å². The van der Waals surface area contributed by atoms with Gasteiger partial charge in [0.05, 0.1) is 10.7 Å². The third-order valence-electron chi connectivity index (χ3n) is 4.38. The fourth-order valence-electron chi connectivity index (χ4n) is 2.84. The Morgan fingerprint density at radius 3 is 2.58 bits per heavy atom. The van der Waals surface area contributed by atoms with Gasteiger partial charge in [-0.15, -0.1) is 0 Å². The number of benzene rings is 2. The average molecular weight is 435 g/mol. The highest BCUT2D eigenvalue weighted by Crippen LogP contribution is 2.26. The molecule has 2 N–H and O–H groups in total. The van der Waals surface area contributed by atoms with Gasteiger partial charge >= 0.3 is 0 Å². The first-order chi connectivity index (χ1) is 15.2. The number of carbonyl (C=O) groups is 1. The molecule has 31 heavy (non-hydrogen) atoms. The summed E-state index contributed by atoms with van der Waals surface area (Å²) in [7, 11) is 0. The lowest BCUT2D eigenvalue weighted by Crippen LogP contribution is -2.12. The Labute approximate surface area is 183 Å². The molecule has 0 bridgehead atoms. The first-order valence-corrected chi connectivity index (χ1v) is 10.0. The molecule has 8 nitrogen and oxygen atoms in total. The van der Waals surface area contributed by atoms with Gasteiger partial charge in [0.15, 0.2) is 0 Å². The number of halogens is 1. The summed E-state index contributed by atoms with van der Waals surface area (Å²) in [4.78, 5) is 24.6. The van der Waals surface area contributed by atoms with Crippen molar-refractivity contribution >= 4 is 28.9 Å². The van der Waals surface area contributed by atoms with Gasteiger partial charge in [-0.1, -0.05) is 47.1 Å². The average Bonchev–Trinajstić information content (AvgIpc) is 3.28. The lowest BCUT2D eigenvalue weighted by molar-refractivity contribution is -0.116. The molecule has 0 spiro atoms. The van der Waals surface area contributed by atoms with Crippen molar-refractivity contribution < 1.29 is 9.32 Å². The molecule has 0 saturated carbocycles. The molecule has 0 fully saturated rings. The van der Waals surface area contributed by atoms with E-state index in [0.29, 0.717) is 41.2 Å². The smallest absolute Gasteiger partial charge is 0.240 e. The Morgan fingerprint density at radius 2 is 1.81 bits per heavy atom. The number of hydrogen-bond acceptors (Lipinski definition) is 7. The second-order valence-electron chi connectivity index (χ2n) is 6.67. The van der Waals surface area contributed by atoms with Gasteiger partial charge in [0, 0.05) is 37.5 Å². The van der Waals surface area contributed by atoms with Crippen LogP contribution < -0.4 is 10.6 Å². The summed E-state index contributed by atoms with van der Waals surface area (Å²) in [6.45, 7) is 0.659. The fraction of sp³-hybridized carbons (Fsp3) is 0.136. The van der Waals surface area contributed by atoms with Gasteiger partial charge in [-0.25, -0.2) is 9.97 Å². The van der Waals surface area contributed by atoms with Crippen LogP contribution >= 0.6 is 11.6 Å². The molecule has 0 unspecified atom stereocenters. The Morgan fingerprint density at radius 1 is 1.00 bits per heavy atom. The molecule has 4 rings (SSSR count). The number of hydrogen-bond donors (Lipinski definition) is 2. The summed E-state index contributed by atoms with van der Waals surface area (Å²) in [5.41, 5.74) is 2.56. The second-order valence-corrected chi connectivity index (χ2v) is 7.07. The van der Waals surface area contributed by atoms with Gasteiger partial charge in [-0.2, -0.15) is 4.98 Å². The van der Waals surface area contributed by atoms with Crippen LogP contribution in [0.4, 0.5) is 11.4 Å². The van der Waals surface area contributed by atoms with Crippen molar-refractivity contribution in [3.63, 3.8) is 0 Å². The van der Waals surface area contributed by atoms with Crippen LogP contribution in [-0.4, -0.2) is 26.0 Å². The molecule has 0 aliphatic carbocycles. The van der Waals surface area contributed by atoms with Crippen LogP contribution in [0, 0.1) is 0 Å². The molecule has 156 valence electrons. The van der Waals surface area contributed by atoms with E-state index in [-0.39, 0.29) is 12.3 Å². The number of rotatable bonds is 8. The molecule has 0 atom stereocenters. The predicted molar refractivity (Wildman–Crippen MR) is 117 cm³/mol. The molecule has 4 aromatic rings.